The van der Waals surface area contributed by atoms with Crippen LogP contribution in [0.4, 0.5) is 4.79 Å². The van der Waals surface area contributed by atoms with Crippen LogP contribution in [0.1, 0.15) is 50.0 Å². The number of carbonyl (C=O) groups excluding carboxylic acids is 2. The van der Waals surface area contributed by atoms with Crippen LogP contribution in [-0.4, -0.2) is 19.0 Å². The molecule has 6 heteroatoms. The van der Waals surface area contributed by atoms with Crippen molar-refractivity contribution in [2.24, 2.45) is 5.92 Å². The van der Waals surface area contributed by atoms with Crippen LogP contribution in [0.5, 0.6) is 0 Å². The number of urea groups is 1. The molecule has 1 aliphatic carbocycles. The lowest BCUT2D eigenvalue weighted by molar-refractivity contribution is -0.121. The lowest BCUT2D eigenvalue weighted by Crippen LogP contribution is -2.40. The third-order valence-electron chi connectivity index (χ3n) is 4.46. The Balaban J connectivity index is 2.13. The molecule has 0 spiro atoms. The van der Waals surface area contributed by atoms with Crippen molar-refractivity contribution in [3.05, 3.63) is 33.8 Å². The highest BCUT2D eigenvalue weighted by atomic mass is 35.5. The number of amides is 3. The molecular formula is C17H22Cl2N2O2. The topological polar surface area (TPSA) is 58.2 Å². The van der Waals surface area contributed by atoms with Gasteiger partial charge in [-0.25, -0.2) is 4.79 Å². The van der Waals surface area contributed by atoms with E-state index >= 15 is 0 Å². The van der Waals surface area contributed by atoms with Gasteiger partial charge in [-0.3, -0.25) is 10.1 Å². The third-order valence-corrected chi connectivity index (χ3v) is 5.20. The predicted molar refractivity (Wildman–Crippen MR) is 93.0 cm³/mol. The Morgan fingerprint density at radius 2 is 1.91 bits per heavy atom. The largest absolute Gasteiger partial charge is 0.341 e. The molecule has 0 radical (unpaired) electrons. The van der Waals surface area contributed by atoms with Gasteiger partial charge in [0.2, 0.25) is 5.91 Å². The maximum atomic E-state index is 12.5. The van der Waals surface area contributed by atoms with E-state index in [1.165, 1.54) is 32.7 Å². The van der Waals surface area contributed by atoms with E-state index in [0.717, 1.165) is 12.0 Å². The van der Waals surface area contributed by atoms with E-state index in [1.807, 2.05) is 0 Å². The molecule has 2 N–H and O–H groups in total. The first-order valence-corrected chi connectivity index (χ1v) is 8.74. The van der Waals surface area contributed by atoms with Crippen LogP contribution in [0.3, 0.4) is 0 Å². The molecule has 1 aromatic carbocycles. The van der Waals surface area contributed by atoms with Gasteiger partial charge in [-0.1, -0.05) is 55.0 Å². The van der Waals surface area contributed by atoms with Gasteiger partial charge in [0.25, 0.3) is 0 Å². The Morgan fingerprint density at radius 3 is 2.52 bits per heavy atom. The van der Waals surface area contributed by atoms with E-state index in [2.05, 4.69) is 10.6 Å². The quantitative estimate of drug-likeness (QED) is 0.815. The van der Waals surface area contributed by atoms with Gasteiger partial charge in [0.1, 0.15) is 0 Å². The van der Waals surface area contributed by atoms with Crippen LogP contribution < -0.4 is 10.6 Å². The maximum absolute atomic E-state index is 12.5. The van der Waals surface area contributed by atoms with Gasteiger partial charge in [-0.15, -0.1) is 0 Å². The smallest absolute Gasteiger partial charge is 0.321 e. The van der Waals surface area contributed by atoms with E-state index < -0.39 is 11.9 Å². The summed E-state index contributed by atoms with van der Waals surface area (Å²) < 4.78 is 0. The number of imide groups is 1. The van der Waals surface area contributed by atoms with Crippen LogP contribution in [-0.2, 0) is 4.79 Å². The zero-order valence-corrected chi connectivity index (χ0v) is 14.7. The van der Waals surface area contributed by atoms with Gasteiger partial charge < -0.3 is 5.32 Å². The van der Waals surface area contributed by atoms with Crippen molar-refractivity contribution in [2.45, 2.75) is 44.4 Å². The van der Waals surface area contributed by atoms with E-state index in [-0.39, 0.29) is 5.91 Å². The molecule has 0 aromatic heterocycles. The van der Waals surface area contributed by atoms with Crippen molar-refractivity contribution in [3.63, 3.8) is 0 Å². The number of carbonyl (C=O) groups is 2. The van der Waals surface area contributed by atoms with Crippen LogP contribution >= 0.6 is 23.2 Å². The van der Waals surface area contributed by atoms with Crippen LogP contribution in [0, 0.1) is 5.92 Å². The molecular weight excluding hydrogens is 335 g/mol. The Kier molecular flexibility index (Phi) is 6.72. The second-order valence-corrected chi connectivity index (χ2v) is 6.84. The molecule has 1 saturated carbocycles. The number of halogens is 2. The van der Waals surface area contributed by atoms with Crippen molar-refractivity contribution in [2.75, 3.05) is 7.05 Å². The Labute approximate surface area is 146 Å². The van der Waals surface area contributed by atoms with E-state index in [0.29, 0.717) is 22.4 Å². The third kappa shape index (κ3) is 5.11. The van der Waals surface area contributed by atoms with Gasteiger partial charge in [0.15, 0.2) is 0 Å². The fraction of sp³-hybridized carbons (Fsp3) is 0.529. The van der Waals surface area contributed by atoms with Crippen molar-refractivity contribution in [1.29, 1.82) is 0 Å². The van der Waals surface area contributed by atoms with Gasteiger partial charge in [-0.05, 0) is 36.5 Å². The first kappa shape index (κ1) is 18.1. The standard InChI is InChI=1S/C17H22Cl2N2O2/c1-20-17(23)21-16(22)13(8-6-11-4-2-3-5-11)12-7-9-14(18)15(19)10-12/h7,9-11,13H,2-6,8H2,1H3,(H2,20,21,22,23). The lowest BCUT2D eigenvalue weighted by Gasteiger charge is -2.19. The van der Waals surface area contributed by atoms with E-state index in [9.17, 15) is 9.59 Å². The normalized spacial score (nSPS) is 16.1. The maximum Gasteiger partial charge on any atom is 0.321 e. The predicted octanol–water partition coefficient (Wildman–Crippen LogP) is 4.50. The highest BCUT2D eigenvalue weighted by Gasteiger charge is 2.25. The number of hydrogen-bond donors (Lipinski definition) is 2. The number of hydrogen-bond acceptors (Lipinski definition) is 2. The molecule has 3 amide bonds. The molecule has 0 aliphatic heterocycles. The lowest BCUT2D eigenvalue weighted by atomic mass is 9.89. The number of benzene rings is 1. The molecule has 0 saturated heterocycles. The minimum Gasteiger partial charge on any atom is -0.341 e. The fourth-order valence-corrected chi connectivity index (χ4v) is 3.45. The second-order valence-electron chi connectivity index (χ2n) is 6.02. The summed E-state index contributed by atoms with van der Waals surface area (Å²) in [5.74, 6) is -0.0310. The summed E-state index contributed by atoms with van der Waals surface area (Å²) in [4.78, 5) is 23.9. The van der Waals surface area contributed by atoms with E-state index in [4.69, 9.17) is 23.2 Å². The minimum atomic E-state index is -0.499. The van der Waals surface area contributed by atoms with Crippen molar-refractivity contribution in [1.82, 2.24) is 10.6 Å². The highest BCUT2D eigenvalue weighted by Crippen LogP contribution is 2.34. The highest BCUT2D eigenvalue weighted by molar-refractivity contribution is 6.42. The van der Waals surface area contributed by atoms with Gasteiger partial charge >= 0.3 is 6.03 Å². The van der Waals surface area contributed by atoms with Gasteiger partial charge in [-0.2, -0.15) is 0 Å². The summed E-state index contributed by atoms with van der Waals surface area (Å²) in [6.07, 6.45) is 6.67. The molecule has 23 heavy (non-hydrogen) atoms. The molecule has 1 atom stereocenters. The Morgan fingerprint density at radius 1 is 1.22 bits per heavy atom. The summed E-state index contributed by atoms with van der Waals surface area (Å²) in [6.45, 7) is 0. The molecule has 1 unspecified atom stereocenters. The average molecular weight is 357 g/mol. The molecule has 0 bridgehead atoms. The average Bonchev–Trinajstić information content (AvgIpc) is 3.04. The van der Waals surface area contributed by atoms with Gasteiger partial charge in [0, 0.05) is 7.05 Å². The zero-order valence-electron chi connectivity index (χ0n) is 13.2. The second kappa shape index (κ2) is 8.55. The molecule has 0 heterocycles. The summed E-state index contributed by atoms with van der Waals surface area (Å²) in [5.41, 5.74) is 0.791. The SMILES string of the molecule is CNC(=O)NC(=O)C(CCC1CCCC1)c1ccc(Cl)c(Cl)c1. The number of nitrogens with one attached hydrogen (secondary N) is 2. The van der Waals surface area contributed by atoms with Crippen LogP contribution in [0.2, 0.25) is 10.0 Å². The summed E-state index contributed by atoms with van der Waals surface area (Å²) >= 11 is 12.0. The molecule has 126 valence electrons. The summed E-state index contributed by atoms with van der Waals surface area (Å²) in [5, 5.41) is 5.65. The summed E-state index contributed by atoms with van der Waals surface area (Å²) in [7, 11) is 1.48. The summed E-state index contributed by atoms with van der Waals surface area (Å²) in [6, 6.07) is 4.71. The molecule has 2 rings (SSSR count). The molecule has 1 aromatic rings. The molecule has 4 nitrogen and oxygen atoms in total. The first-order valence-electron chi connectivity index (χ1n) is 7.98. The van der Waals surface area contributed by atoms with Crippen LogP contribution in [0.15, 0.2) is 18.2 Å². The van der Waals surface area contributed by atoms with Gasteiger partial charge in [0.05, 0.1) is 16.0 Å². The van der Waals surface area contributed by atoms with Crippen molar-refractivity contribution >= 4 is 35.1 Å². The monoisotopic (exact) mass is 356 g/mol. The Hall–Kier alpha value is -1.26. The van der Waals surface area contributed by atoms with E-state index in [1.54, 1.807) is 18.2 Å². The van der Waals surface area contributed by atoms with Crippen molar-refractivity contribution in [3.8, 4) is 0 Å². The van der Waals surface area contributed by atoms with Crippen molar-refractivity contribution < 1.29 is 9.59 Å². The van der Waals surface area contributed by atoms with Crippen LogP contribution in [0.25, 0.3) is 0 Å². The molecule has 1 fully saturated rings. The number of rotatable bonds is 5. The Bertz CT molecular complexity index is 572. The molecule has 1 aliphatic rings. The minimum absolute atomic E-state index is 0.305. The first-order chi connectivity index (χ1) is 11.0. The zero-order chi connectivity index (χ0) is 16.8. The fourth-order valence-electron chi connectivity index (χ4n) is 3.14.